The van der Waals surface area contributed by atoms with E-state index >= 15 is 0 Å². The molecule has 0 aliphatic rings. The highest BCUT2D eigenvalue weighted by molar-refractivity contribution is 6.49. The average molecular weight is 346 g/mol. The summed E-state index contributed by atoms with van der Waals surface area (Å²) in [6.45, 7) is 3.46. The van der Waals surface area contributed by atoms with Crippen molar-refractivity contribution in [2.24, 2.45) is 5.10 Å². The summed E-state index contributed by atoms with van der Waals surface area (Å²) >= 11 is 18.0. The van der Waals surface area contributed by atoms with Crippen molar-refractivity contribution in [3.8, 4) is 0 Å². The van der Waals surface area contributed by atoms with Gasteiger partial charge in [0.1, 0.15) is 0 Å². The number of halogens is 3. The minimum absolute atomic E-state index is 0.246. The lowest BCUT2D eigenvalue weighted by Gasteiger charge is -2.07. The Labute approximate surface area is 136 Å². The van der Waals surface area contributed by atoms with Crippen molar-refractivity contribution in [2.45, 2.75) is 13.8 Å². The molecule has 8 heteroatoms. The first kappa shape index (κ1) is 15.8. The van der Waals surface area contributed by atoms with Crippen LogP contribution < -0.4 is 11.0 Å². The van der Waals surface area contributed by atoms with Crippen molar-refractivity contribution in [2.75, 3.05) is 5.43 Å². The van der Waals surface area contributed by atoms with E-state index in [-0.39, 0.29) is 16.5 Å². The van der Waals surface area contributed by atoms with Gasteiger partial charge in [-0.25, -0.2) is 10.4 Å². The third kappa shape index (κ3) is 3.75. The predicted octanol–water partition coefficient (Wildman–Crippen LogP) is 3.87. The third-order valence-corrected chi connectivity index (χ3v) is 3.92. The van der Waals surface area contributed by atoms with Crippen LogP contribution in [0.25, 0.3) is 0 Å². The zero-order chi connectivity index (χ0) is 15.6. The SMILES string of the molecule is C/C(=N\Nc1nc(C)cc(=O)[nH]1)c1ccc(Cl)c(Cl)c1Cl. The minimum atomic E-state index is -0.259. The van der Waals surface area contributed by atoms with Crippen LogP contribution in [0.15, 0.2) is 28.1 Å². The molecule has 1 aromatic carbocycles. The van der Waals surface area contributed by atoms with Gasteiger partial charge < -0.3 is 0 Å². The summed E-state index contributed by atoms with van der Waals surface area (Å²) < 4.78 is 0. The second-order valence-corrected chi connectivity index (χ2v) is 5.43. The normalized spacial score (nSPS) is 11.6. The maximum absolute atomic E-state index is 11.3. The zero-order valence-corrected chi connectivity index (χ0v) is 13.4. The lowest BCUT2D eigenvalue weighted by Crippen LogP contribution is -2.11. The molecule has 5 nitrogen and oxygen atoms in total. The number of nitrogens with one attached hydrogen (secondary N) is 2. The zero-order valence-electron chi connectivity index (χ0n) is 11.2. The van der Waals surface area contributed by atoms with E-state index in [2.05, 4.69) is 20.5 Å². The molecule has 2 rings (SSSR count). The van der Waals surface area contributed by atoms with Crippen molar-refractivity contribution in [3.63, 3.8) is 0 Å². The molecule has 0 amide bonds. The number of aromatic nitrogens is 2. The van der Waals surface area contributed by atoms with Gasteiger partial charge in [-0.05, 0) is 19.9 Å². The molecule has 0 atom stereocenters. The summed E-state index contributed by atoms with van der Waals surface area (Å²) in [5.41, 5.74) is 4.20. The van der Waals surface area contributed by atoms with E-state index in [1.165, 1.54) is 6.07 Å². The largest absolute Gasteiger partial charge is 0.291 e. The Morgan fingerprint density at radius 1 is 1.29 bits per heavy atom. The van der Waals surface area contributed by atoms with Gasteiger partial charge in [-0.15, -0.1) is 0 Å². The van der Waals surface area contributed by atoms with Gasteiger partial charge in [-0.1, -0.05) is 40.9 Å². The molecule has 0 aliphatic carbocycles. The van der Waals surface area contributed by atoms with Gasteiger partial charge in [-0.3, -0.25) is 9.78 Å². The first-order valence-electron chi connectivity index (χ1n) is 5.90. The van der Waals surface area contributed by atoms with Gasteiger partial charge in [0.15, 0.2) is 0 Å². The molecule has 0 saturated carbocycles. The summed E-state index contributed by atoms with van der Waals surface area (Å²) in [6, 6.07) is 4.73. The molecule has 0 bridgehead atoms. The van der Waals surface area contributed by atoms with E-state index < -0.39 is 0 Å². The Bertz CT molecular complexity index is 770. The predicted molar refractivity (Wildman–Crippen MR) is 86.9 cm³/mol. The van der Waals surface area contributed by atoms with Gasteiger partial charge >= 0.3 is 0 Å². The molecule has 0 spiro atoms. The summed E-state index contributed by atoms with van der Waals surface area (Å²) in [5, 5.41) is 5.09. The van der Waals surface area contributed by atoms with E-state index in [9.17, 15) is 4.79 Å². The fraction of sp³-hybridized carbons (Fsp3) is 0.154. The van der Waals surface area contributed by atoms with Crippen LogP contribution >= 0.6 is 34.8 Å². The number of hydrazone groups is 1. The van der Waals surface area contributed by atoms with Crippen LogP contribution in [0.4, 0.5) is 5.95 Å². The van der Waals surface area contributed by atoms with Crippen molar-refractivity contribution < 1.29 is 0 Å². The van der Waals surface area contributed by atoms with E-state index in [1.54, 1.807) is 26.0 Å². The van der Waals surface area contributed by atoms with Crippen LogP contribution in [0.5, 0.6) is 0 Å². The monoisotopic (exact) mass is 344 g/mol. The maximum Gasteiger partial charge on any atom is 0.252 e. The second-order valence-electron chi connectivity index (χ2n) is 4.27. The summed E-state index contributed by atoms with van der Waals surface area (Å²) in [7, 11) is 0. The topological polar surface area (TPSA) is 70.1 Å². The van der Waals surface area contributed by atoms with Crippen molar-refractivity contribution in [3.05, 3.63) is 54.9 Å². The highest BCUT2D eigenvalue weighted by Gasteiger charge is 2.11. The minimum Gasteiger partial charge on any atom is -0.291 e. The molecule has 110 valence electrons. The van der Waals surface area contributed by atoms with Gasteiger partial charge in [0, 0.05) is 17.3 Å². The second kappa shape index (κ2) is 6.47. The molecule has 0 radical (unpaired) electrons. The average Bonchev–Trinajstić information content (AvgIpc) is 2.41. The van der Waals surface area contributed by atoms with Crippen molar-refractivity contribution >= 4 is 46.5 Å². The molecule has 2 aromatic rings. The molecule has 0 saturated heterocycles. The van der Waals surface area contributed by atoms with E-state index in [1.807, 2.05) is 0 Å². The molecular weight excluding hydrogens is 335 g/mol. The summed E-state index contributed by atoms with van der Waals surface area (Å²) in [5.74, 6) is 0.246. The smallest absolute Gasteiger partial charge is 0.252 e. The highest BCUT2D eigenvalue weighted by Crippen LogP contribution is 2.32. The Hall–Kier alpha value is -1.56. The van der Waals surface area contributed by atoms with Crippen LogP contribution in [0, 0.1) is 6.92 Å². The Morgan fingerprint density at radius 3 is 2.67 bits per heavy atom. The molecule has 0 fully saturated rings. The number of rotatable bonds is 3. The van der Waals surface area contributed by atoms with Crippen LogP contribution in [-0.2, 0) is 0 Å². The lowest BCUT2D eigenvalue weighted by molar-refractivity contribution is 1.04. The van der Waals surface area contributed by atoms with E-state index in [0.717, 1.165) is 0 Å². The molecule has 21 heavy (non-hydrogen) atoms. The van der Waals surface area contributed by atoms with Crippen molar-refractivity contribution in [1.29, 1.82) is 0 Å². The van der Waals surface area contributed by atoms with Gasteiger partial charge in [-0.2, -0.15) is 5.10 Å². The number of H-pyrrole nitrogens is 1. The number of benzene rings is 1. The lowest BCUT2D eigenvalue weighted by atomic mass is 10.1. The molecule has 0 unspecified atom stereocenters. The quantitative estimate of drug-likeness (QED) is 0.504. The van der Waals surface area contributed by atoms with Crippen LogP contribution in [0.1, 0.15) is 18.2 Å². The van der Waals surface area contributed by atoms with Crippen LogP contribution in [-0.4, -0.2) is 15.7 Å². The van der Waals surface area contributed by atoms with Gasteiger partial charge in [0.25, 0.3) is 5.56 Å². The maximum atomic E-state index is 11.3. The summed E-state index contributed by atoms with van der Waals surface area (Å²) in [4.78, 5) is 17.9. The van der Waals surface area contributed by atoms with Crippen LogP contribution in [0.3, 0.4) is 0 Å². The standard InChI is InChI=1S/C13H11Cl3N4O/c1-6-5-10(21)18-13(17-6)20-19-7(2)8-3-4-9(14)12(16)11(8)15/h3-5H,1-2H3,(H2,17,18,20,21)/b19-7+. The van der Waals surface area contributed by atoms with Crippen LogP contribution in [0.2, 0.25) is 15.1 Å². The number of anilines is 1. The highest BCUT2D eigenvalue weighted by atomic mass is 35.5. The molecular formula is C13H11Cl3N4O. The van der Waals surface area contributed by atoms with Crippen molar-refractivity contribution in [1.82, 2.24) is 9.97 Å². The number of hydrogen-bond acceptors (Lipinski definition) is 4. The molecule has 1 heterocycles. The fourth-order valence-electron chi connectivity index (χ4n) is 1.63. The Balaban J connectivity index is 2.29. The number of aryl methyl sites for hydroxylation is 1. The number of hydrogen-bond donors (Lipinski definition) is 2. The number of nitrogens with zero attached hydrogens (tertiary/aromatic N) is 2. The Kier molecular flexibility index (Phi) is 4.88. The number of aromatic amines is 1. The third-order valence-electron chi connectivity index (χ3n) is 2.62. The summed E-state index contributed by atoms with van der Waals surface area (Å²) in [6.07, 6.45) is 0. The first-order valence-corrected chi connectivity index (χ1v) is 7.04. The Morgan fingerprint density at radius 2 is 2.00 bits per heavy atom. The fourth-order valence-corrected chi connectivity index (χ4v) is 2.31. The molecule has 2 N–H and O–H groups in total. The molecule has 0 aliphatic heterocycles. The first-order chi connectivity index (χ1) is 9.88. The molecule has 1 aromatic heterocycles. The van der Waals surface area contributed by atoms with Gasteiger partial charge in [0.05, 0.1) is 20.8 Å². The van der Waals surface area contributed by atoms with Gasteiger partial charge in [0.2, 0.25) is 5.95 Å². The van der Waals surface area contributed by atoms with E-state index in [0.29, 0.717) is 27.0 Å². The van der Waals surface area contributed by atoms with E-state index in [4.69, 9.17) is 34.8 Å².